The maximum atomic E-state index is 14.2. The van der Waals surface area contributed by atoms with Crippen LogP contribution in [-0.4, -0.2) is 71.5 Å². The number of piperidine rings is 1. The third-order valence-corrected chi connectivity index (χ3v) is 12.3. The molecule has 5 heterocycles. The number of nitrogens with one attached hydrogen (secondary N) is 1. The van der Waals surface area contributed by atoms with Gasteiger partial charge < -0.3 is 15.0 Å². The zero-order chi connectivity index (χ0) is 31.6. The summed E-state index contributed by atoms with van der Waals surface area (Å²) in [6.07, 6.45) is 1.48. The minimum atomic E-state index is -4.69. The SMILES string of the molecule is CS(=O)(=O)N1CCC(Nc2ncc(C(F)(F)F)c(-c3cc4c(s3)C3(C5CC(OCc6ccccc6)C5)CCCN3C4=O)n2)CC1. The molecule has 1 saturated carbocycles. The number of hydrogen-bond acceptors (Lipinski definition) is 8. The van der Waals surface area contributed by atoms with E-state index in [0.29, 0.717) is 49.5 Å². The number of rotatable bonds is 8. The summed E-state index contributed by atoms with van der Waals surface area (Å²) in [6, 6.07) is 11.3. The number of benzene rings is 1. The van der Waals surface area contributed by atoms with Crippen LogP contribution >= 0.6 is 11.3 Å². The van der Waals surface area contributed by atoms with Crippen LogP contribution in [0.3, 0.4) is 0 Å². The van der Waals surface area contributed by atoms with Crippen LogP contribution in [0.15, 0.2) is 42.6 Å². The van der Waals surface area contributed by atoms with Gasteiger partial charge in [-0.1, -0.05) is 30.3 Å². The number of halogens is 3. The molecule has 2 aromatic heterocycles. The Kier molecular flexibility index (Phi) is 7.69. The van der Waals surface area contributed by atoms with Gasteiger partial charge in [-0.25, -0.2) is 22.7 Å². The Bertz CT molecular complexity index is 1700. The van der Waals surface area contributed by atoms with Crippen LogP contribution in [-0.2, 0) is 33.1 Å². The van der Waals surface area contributed by atoms with E-state index in [1.807, 2.05) is 35.2 Å². The lowest BCUT2D eigenvalue weighted by atomic mass is 9.67. The lowest BCUT2D eigenvalue weighted by Gasteiger charge is -2.48. The second-order valence-electron chi connectivity index (χ2n) is 12.5. The molecule has 0 spiro atoms. The number of ether oxygens (including phenoxy) is 1. The highest BCUT2D eigenvalue weighted by atomic mass is 32.2. The van der Waals surface area contributed by atoms with Crippen LogP contribution in [0.5, 0.6) is 0 Å². The molecule has 0 radical (unpaired) electrons. The first-order valence-electron chi connectivity index (χ1n) is 15.2. The number of aromatic nitrogens is 2. The third-order valence-electron chi connectivity index (χ3n) is 9.70. The van der Waals surface area contributed by atoms with Gasteiger partial charge in [0.1, 0.15) is 5.56 Å². The second kappa shape index (κ2) is 11.3. The maximum Gasteiger partial charge on any atom is 0.420 e. The smallest absolute Gasteiger partial charge is 0.374 e. The molecule has 240 valence electrons. The molecule has 3 aromatic rings. The summed E-state index contributed by atoms with van der Waals surface area (Å²) in [6.45, 7) is 1.77. The quantitative estimate of drug-likeness (QED) is 0.340. The van der Waals surface area contributed by atoms with E-state index in [1.54, 1.807) is 6.07 Å². The minimum absolute atomic E-state index is 0.0466. The number of nitrogens with zero attached hydrogens (tertiary/aromatic N) is 4. The molecule has 2 saturated heterocycles. The molecular formula is C31H34F3N5O4S2. The van der Waals surface area contributed by atoms with Crippen LogP contribution in [0, 0.1) is 5.92 Å². The average Bonchev–Trinajstić information content (AvgIpc) is 3.66. The van der Waals surface area contributed by atoms with Crippen molar-refractivity contribution in [2.24, 2.45) is 5.92 Å². The molecule has 1 aromatic carbocycles. The predicted octanol–water partition coefficient (Wildman–Crippen LogP) is 5.50. The van der Waals surface area contributed by atoms with Crippen molar-refractivity contribution < 1.29 is 31.1 Å². The number of fused-ring (bicyclic) bond motifs is 3. The zero-order valence-electron chi connectivity index (χ0n) is 24.7. The van der Waals surface area contributed by atoms with Gasteiger partial charge in [0.05, 0.1) is 40.6 Å². The van der Waals surface area contributed by atoms with Crippen molar-refractivity contribution >= 4 is 33.2 Å². The normalized spacial score (nSPS) is 25.7. The van der Waals surface area contributed by atoms with Gasteiger partial charge in [0, 0.05) is 36.8 Å². The first-order chi connectivity index (χ1) is 21.4. The molecule has 7 rings (SSSR count). The number of alkyl halides is 3. The number of carbonyl (C=O) groups is 1. The Balaban J connectivity index is 1.14. The largest absolute Gasteiger partial charge is 0.420 e. The summed E-state index contributed by atoms with van der Waals surface area (Å²) in [7, 11) is -3.31. The van der Waals surface area contributed by atoms with E-state index in [0.717, 1.165) is 48.6 Å². The van der Waals surface area contributed by atoms with Crippen LogP contribution in [0.25, 0.3) is 10.6 Å². The number of sulfonamides is 1. The van der Waals surface area contributed by atoms with Crippen LogP contribution in [0.4, 0.5) is 19.1 Å². The lowest BCUT2D eigenvalue weighted by molar-refractivity contribution is -0.137. The van der Waals surface area contributed by atoms with Crippen molar-refractivity contribution in [3.05, 3.63) is 64.2 Å². The van der Waals surface area contributed by atoms with Crippen LogP contribution in [0.1, 0.15) is 64.9 Å². The average molecular weight is 662 g/mol. The van der Waals surface area contributed by atoms with Gasteiger partial charge in [0.25, 0.3) is 5.91 Å². The summed E-state index contributed by atoms with van der Waals surface area (Å²) >= 11 is 1.24. The van der Waals surface area contributed by atoms with Crippen molar-refractivity contribution in [3.8, 4) is 10.6 Å². The Hall–Kier alpha value is -3.07. The first kappa shape index (κ1) is 30.6. The first-order valence-corrected chi connectivity index (χ1v) is 17.9. The summed E-state index contributed by atoms with van der Waals surface area (Å²) in [5.74, 6) is 0.0857. The summed E-state index contributed by atoms with van der Waals surface area (Å²) in [5.41, 5.74) is -0.165. The fourth-order valence-electron chi connectivity index (χ4n) is 7.34. The van der Waals surface area contributed by atoms with Gasteiger partial charge >= 0.3 is 6.18 Å². The maximum absolute atomic E-state index is 14.2. The van der Waals surface area contributed by atoms with E-state index in [2.05, 4.69) is 15.3 Å². The number of anilines is 1. The van der Waals surface area contributed by atoms with Gasteiger partial charge in [-0.2, -0.15) is 13.2 Å². The Morgan fingerprint density at radius 2 is 1.87 bits per heavy atom. The highest BCUT2D eigenvalue weighted by molar-refractivity contribution is 7.88. The van der Waals surface area contributed by atoms with E-state index >= 15 is 0 Å². The molecule has 1 amide bonds. The molecule has 1 unspecified atom stereocenters. The Morgan fingerprint density at radius 3 is 2.56 bits per heavy atom. The fourth-order valence-corrected chi connectivity index (χ4v) is 9.68. The van der Waals surface area contributed by atoms with E-state index < -0.39 is 27.3 Å². The molecule has 1 atom stereocenters. The molecule has 3 aliphatic heterocycles. The van der Waals surface area contributed by atoms with Gasteiger partial charge in [0.2, 0.25) is 16.0 Å². The Labute approximate surface area is 263 Å². The van der Waals surface area contributed by atoms with Crippen molar-refractivity contribution in [1.29, 1.82) is 0 Å². The molecule has 0 bridgehead atoms. The topological polar surface area (TPSA) is 105 Å². The zero-order valence-corrected chi connectivity index (χ0v) is 26.3. The minimum Gasteiger partial charge on any atom is -0.374 e. The van der Waals surface area contributed by atoms with Crippen molar-refractivity contribution in [2.75, 3.05) is 31.2 Å². The predicted molar refractivity (Wildman–Crippen MR) is 163 cm³/mol. The molecule has 3 fully saturated rings. The van der Waals surface area contributed by atoms with E-state index in [9.17, 15) is 26.4 Å². The summed E-state index contributed by atoms with van der Waals surface area (Å²) in [4.78, 5) is 25.1. The second-order valence-corrected chi connectivity index (χ2v) is 15.5. The summed E-state index contributed by atoms with van der Waals surface area (Å²) < 4.78 is 74.0. The van der Waals surface area contributed by atoms with E-state index in [4.69, 9.17) is 4.74 Å². The standard InChI is InChI=1S/C31H34F3N5O4S2/c1-45(41,42)38-12-8-21(9-13-38)36-29-35-17-24(31(32,33)34)26(37-29)25-16-23-27(44-25)30(10-5-11-39(30)28(23)40)20-14-22(15-20)43-18-19-6-3-2-4-7-19/h2-4,6-7,16-17,20-22H,5,8-15,18H2,1H3,(H,35,36,37). The fraction of sp³-hybridized carbons (Fsp3) is 0.516. The number of hydrogen-bond donors (Lipinski definition) is 1. The van der Waals surface area contributed by atoms with E-state index in [-0.39, 0.29) is 35.6 Å². The van der Waals surface area contributed by atoms with Gasteiger partial charge in [0.15, 0.2) is 0 Å². The van der Waals surface area contributed by atoms with Crippen LogP contribution < -0.4 is 5.32 Å². The number of amides is 1. The van der Waals surface area contributed by atoms with Gasteiger partial charge in [-0.05, 0) is 56.1 Å². The molecule has 1 N–H and O–H groups in total. The van der Waals surface area contributed by atoms with Crippen molar-refractivity contribution in [1.82, 2.24) is 19.2 Å². The molecular weight excluding hydrogens is 628 g/mol. The van der Waals surface area contributed by atoms with Crippen molar-refractivity contribution in [3.63, 3.8) is 0 Å². The summed E-state index contributed by atoms with van der Waals surface area (Å²) in [5, 5.41) is 3.11. The van der Waals surface area contributed by atoms with Gasteiger partial charge in [-0.3, -0.25) is 4.79 Å². The third kappa shape index (κ3) is 5.53. The highest BCUT2D eigenvalue weighted by Gasteiger charge is 2.60. The van der Waals surface area contributed by atoms with Gasteiger partial charge in [-0.15, -0.1) is 11.3 Å². The van der Waals surface area contributed by atoms with Crippen molar-refractivity contribution in [2.45, 2.75) is 69.0 Å². The number of carbonyl (C=O) groups excluding carboxylic acids is 1. The van der Waals surface area contributed by atoms with Crippen LogP contribution in [0.2, 0.25) is 0 Å². The molecule has 14 heteroatoms. The Morgan fingerprint density at radius 1 is 1.13 bits per heavy atom. The molecule has 45 heavy (non-hydrogen) atoms. The number of thiophene rings is 1. The molecule has 4 aliphatic rings. The lowest BCUT2D eigenvalue weighted by Crippen LogP contribution is -2.51. The molecule has 1 aliphatic carbocycles. The van der Waals surface area contributed by atoms with E-state index in [1.165, 1.54) is 15.6 Å². The molecule has 9 nitrogen and oxygen atoms in total. The highest BCUT2D eigenvalue weighted by Crippen LogP contribution is 2.60. The monoisotopic (exact) mass is 661 g/mol.